The third-order valence-corrected chi connectivity index (χ3v) is 3.27. The van der Waals surface area contributed by atoms with E-state index in [4.69, 9.17) is 0 Å². The Balaban J connectivity index is 1.72. The standard InChI is InChI=1S/C17H16N2/c1-2-6-16-15(4-1)5-3-7-17(16)19-13-10-14-8-11-18-12-9-14/h1-9,11-12,19H,10,13H2. The molecule has 3 aromatic rings. The average Bonchev–Trinajstić information content (AvgIpc) is 2.49. The van der Waals surface area contributed by atoms with E-state index >= 15 is 0 Å². The lowest BCUT2D eigenvalue weighted by Gasteiger charge is -2.09. The molecule has 0 bridgehead atoms. The van der Waals surface area contributed by atoms with Crippen molar-refractivity contribution in [2.75, 3.05) is 11.9 Å². The lowest BCUT2D eigenvalue weighted by atomic mass is 10.1. The van der Waals surface area contributed by atoms with Crippen LogP contribution >= 0.6 is 0 Å². The van der Waals surface area contributed by atoms with Crippen molar-refractivity contribution in [3.8, 4) is 0 Å². The molecule has 0 aliphatic heterocycles. The molecular weight excluding hydrogens is 232 g/mol. The second kappa shape index (κ2) is 5.53. The van der Waals surface area contributed by atoms with E-state index in [1.54, 1.807) is 0 Å². The molecule has 94 valence electrons. The lowest BCUT2D eigenvalue weighted by molar-refractivity contribution is 1.01. The molecule has 0 unspecified atom stereocenters. The third kappa shape index (κ3) is 2.74. The highest BCUT2D eigenvalue weighted by atomic mass is 14.9. The second-order valence-corrected chi connectivity index (χ2v) is 4.56. The van der Waals surface area contributed by atoms with Gasteiger partial charge in [0.25, 0.3) is 0 Å². The van der Waals surface area contributed by atoms with Gasteiger partial charge in [-0.3, -0.25) is 4.98 Å². The van der Waals surface area contributed by atoms with Crippen molar-refractivity contribution in [2.45, 2.75) is 6.42 Å². The summed E-state index contributed by atoms with van der Waals surface area (Å²) in [5.41, 5.74) is 2.51. The SMILES string of the molecule is c1ccc2c(NCCc3ccncc3)cccc2c1. The molecular formula is C17H16N2. The zero-order valence-electron chi connectivity index (χ0n) is 10.7. The minimum atomic E-state index is 0.929. The number of aromatic nitrogens is 1. The number of nitrogens with zero attached hydrogens (tertiary/aromatic N) is 1. The van der Waals surface area contributed by atoms with E-state index < -0.39 is 0 Å². The third-order valence-electron chi connectivity index (χ3n) is 3.27. The summed E-state index contributed by atoms with van der Waals surface area (Å²) in [5, 5.41) is 6.07. The molecule has 19 heavy (non-hydrogen) atoms. The molecule has 0 spiro atoms. The Hall–Kier alpha value is -2.35. The minimum Gasteiger partial charge on any atom is -0.384 e. The summed E-state index contributed by atoms with van der Waals surface area (Å²) in [6.45, 7) is 0.929. The number of rotatable bonds is 4. The van der Waals surface area contributed by atoms with E-state index in [1.165, 1.54) is 22.0 Å². The first-order chi connectivity index (χ1) is 9.43. The van der Waals surface area contributed by atoms with Gasteiger partial charge >= 0.3 is 0 Å². The Morgan fingerprint density at radius 2 is 1.63 bits per heavy atom. The summed E-state index contributed by atoms with van der Waals surface area (Å²) in [5.74, 6) is 0. The summed E-state index contributed by atoms with van der Waals surface area (Å²) < 4.78 is 0. The van der Waals surface area contributed by atoms with Gasteiger partial charge in [0.05, 0.1) is 0 Å². The topological polar surface area (TPSA) is 24.9 Å². The van der Waals surface area contributed by atoms with E-state index in [1.807, 2.05) is 12.4 Å². The van der Waals surface area contributed by atoms with Crippen LogP contribution in [0.4, 0.5) is 5.69 Å². The van der Waals surface area contributed by atoms with Gasteiger partial charge in [-0.15, -0.1) is 0 Å². The highest BCUT2D eigenvalue weighted by molar-refractivity contribution is 5.93. The van der Waals surface area contributed by atoms with Crippen molar-refractivity contribution in [3.63, 3.8) is 0 Å². The quantitative estimate of drug-likeness (QED) is 0.757. The Kier molecular flexibility index (Phi) is 3.41. The maximum absolute atomic E-state index is 4.03. The van der Waals surface area contributed by atoms with Crippen LogP contribution in [0.15, 0.2) is 67.0 Å². The van der Waals surface area contributed by atoms with E-state index in [9.17, 15) is 0 Å². The molecule has 2 heteroatoms. The summed E-state index contributed by atoms with van der Waals surface area (Å²) in [4.78, 5) is 4.03. The van der Waals surface area contributed by atoms with Crippen molar-refractivity contribution in [1.82, 2.24) is 4.98 Å². The molecule has 1 heterocycles. The number of fused-ring (bicyclic) bond motifs is 1. The zero-order chi connectivity index (χ0) is 12.9. The van der Waals surface area contributed by atoms with Crippen LogP contribution < -0.4 is 5.32 Å². The largest absolute Gasteiger partial charge is 0.384 e. The van der Waals surface area contributed by atoms with Gasteiger partial charge in [-0.2, -0.15) is 0 Å². The van der Waals surface area contributed by atoms with E-state index in [-0.39, 0.29) is 0 Å². The van der Waals surface area contributed by atoms with Crippen LogP contribution in [0.2, 0.25) is 0 Å². The van der Waals surface area contributed by atoms with Crippen LogP contribution in [0.5, 0.6) is 0 Å². The molecule has 3 rings (SSSR count). The van der Waals surface area contributed by atoms with Gasteiger partial charge in [0, 0.05) is 30.0 Å². The molecule has 1 aromatic heterocycles. The highest BCUT2D eigenvalue weighted by Gasteiger charge is 1.99. The number of hydrogen-bond donors (Lipinski definition) is 1. The average molecular weight is 248 g/mol. The fourth-order valence-corrected chi connectivity index (χ4v) is 2.27. The number of benzene rings is 2. The summed E-state index contributed by atoms with van der Waals surface area (Å²) >= 11 is 0. The van der Waals surface area contributed by atoms with Crippen molar-refractivity contribution >= 4 is 16.5 Å². The van der Waals surface area contributed by atoms with Gasteiger partial charge in [0.15, 0.2) is 0 Å². The van der Waals surface area contributed by atoms with Gasteiger partial charge in [-0.25, -0.2) is 0 Å². The summed E-state index contributed by atoms with van der Waals surface area (Å²) in [7, 11) is 0. The number of nitrogens with one attached hydrogen (secondary N) is 1. The monoisotopic (exact) mass is 248 g/mol. The minimum absolute atomic E-state index is 0.929. The van der Waals surface area contributed by atoms with Gasteiger partial charge in [-0.1, -0.05) is 36.4 Å². The maximum Gasteiger partial charge on any atom is 0.0419 e. The molecule has 0 radical (unpaired) electrons. The molecule has 1 N–H and O–H groups in total. The van der Waals surface area contributed by atoms with Crippen molar-refractivity contribution in [3.05, 3.63) is 72.6 Å². The molecule has 0 fully saturated rings. The molecule has 0 atom stereocenters. The molecule has 0 saturated heterocycles. The van der Waals surface area contributed by atoms with Gasteiger partial charge in [0.1, 0.15) is 0 Å². The van der Waals surface area contributed by atoms with E-state index in [0.29, 0.717) is 0 Å². The predicted octanol–water partition coefficient (Wildman–Crippen LogP) is 3.89. The number of hydrogen-bond acceptors (Lipinski definition) is 2. The molecule has 2 nitrogen and oxygen atoms in total. The van der Waals surface area contributed by atoms with Crippen LogP contribution in [0.25, 0.3) is 10.8 Å². The first kappa shape index (κ1) is 11.7. The van der Waals surface area contributed by atoms with Gasteiger partial charge in [-0.05, 0) is 35.6 Å². The van der Waals surface area contributed by atoms with Crippen LogP contribution in [-0.4, -0.2) is 11.5 Å². The van der Waals surface area contributed by atoms with Gasteiger partial charge < -0.3 is 5.32 Å². The fraction of sp³-hybridized carbons (Fsp3) is 0.118. The lowest BCUT2D eigenvalue weighted by Crippen LogP contribution is -2.05. The number of pyridine rings is 1. The second-order valence-electron chi connectivity index (χ2n) is 4.56. The van der Waals surface area contributed by atoms with Crippen molar-refractivity contribution < 1.29 is 0 Å². The normalized spacial score (nSPS) is 10.5. The summed E-state index contributed by atoms with van der Waals surface area (Å²) in [6, 6.07) is 18.9. The summed E-state index contributed by atoms with van der Waals surface area (Å²) in [6.07, 6.45) is 4.69. The first-order valence-corrected chi connectivity index (χ1v) is 6.54. The molecule has 0 amide bonds. The first-order valence-electron chi connectivity index (χ1n) is 6.54. The van der Waals surface area contributed by atoms with Gasteiger partial charge in [0.2, 0.25) is 0 Å². The number of anilines is 1. The Morgan fingerprint density at radius 1 is 0.842 bits per heavy atom. The Bertz CT molecular complexity index is 657. The molecule has 0 aliphatic carbocycles. The van der Waals surface area contributed by atoms with Crippen molar-refractivity contribution in [2.24, 2.45) is 0 Å². The Labute approximate surface area is 113 Å². The zero-order valence-corrected chi connectivity index (χ0v) is 10.7. The predicted molar refractivity (Wildman–Crippen MR) is 80.4 cm³/mol. The molecule has 2 aromatic carbocycles. The fourth-order valence-electron chi connectivity index (χ4n) is 2.27. The highest BCUT2D eigenvalue weighted by Crippen LogP contribution is 2.22. The maximum atomic E-state index is 4.03. The van der Waals surface area contributed by atoms with Crippen LogP contribution in [0, 0.1) is 0 Å². The van der Waals surface area contributed by atoms with E-state index in [2.05, 4.69) is 64.9 Å². The Morgan fingerprint density at radius 3 is 2.53 bits per heavy atom. The molecule has 0 saturated carbocycles. The van der Waals surface area contributed by atoms with Crippen LogP contribution in [-0.2, 0) is 6.42 Å². The van der Waals surface area contributed by atoms with Crippen molar-refractivity contribution in [1.29, 1.82) is 0 Å². The van der Waals surface area contributed by atoms with Crippen LogP contribution in [0.3, 0.4) is 0 Å². The molecule has 0 aliphatic rings. The smallest absolute Gasteiger partial charge is 0.0419 e. The van der Waals surface area contributed by atoms with E-state index in [0.717, 1.165) is 13.0 Å². The van der Waals surface area contributed by atoms with Crippen LogP contribution in [0.1, 0.15) is 5.56 Å².